The van der Waals surface area contributed by atoms with Crippen LogP contribution in [-0.2, 0) is 11.2 Å². The number of carbonyl (C=O) groups is 1. The molecule has 0 saturated carbocycles. The maximum atomic E-state index is 11.8. The van der Waals surface area contributed by atoms with Crippen molar-refractivity contribution in [1.29, 1.82) is 0 Å². The normalized spacial score (nSPS) is 10.1. The SMILES string of the molecule is CCCc1ccc(OCC(=O)Nc2ccc(OC)cc2)cc1. The van der Waals surface area contributed by atoms with Crippen LogP contribution in [0.2, 0.25) is 0 Å². The predicted octanol–water partition coefficient (Wildman–Crippen LogP) is 3.67. The minimum Gasteiger partial charge on any atom is -0.497 e. The molecule has 0 aliphatic rings. The highest BCUT2D eigenvalue weighted by atomic mass is 16.5. The molecular formula is C18H21NO3. The Balaban J connectivity index is 1.81. The number of benzene rings is 2. The zero-order chi connectivity index (χ0) is 15.8. The van der Waals surface area contributed by atoms with Gasteiger partial charge in [-0.1, -0.05) is 25.5 Å². The zero-order valence-corrected chi connectivity index (χ0v) is 13.0. The van der Waals surface area contributed by atoms with E-state index in [0.717, 1.165) is 18.6 Å². The second-order valence-electron chi connectivity index (χ2n) is 4.96. The van der Waals surface area contributed by atoms with Gasteiger partial charge in [0, 0.05) is 5.69 Å². The van der Waals surface area contributed by atoms with E-state index >= 15 is 0 Å². The molecule has 0 bridgehead atoms. The van der Waals surface area contributed by atoms with Crippen LogP contribution in [0.5, 0.6) is 11.5 Å². The Morgan fingerprint density at radius 2 is 1.64 bits per heavy atom. The number of nitrogens with one attached hydrogen (secondary N) is 1. The highest BCUT2D eigenvalue weighted by molar-refractivity contribution is 5.91. The molecule has 22 heavy (non-hydrogen) atoms. The molecule has 1 N–H and O–H groups in total. The molecule has 116 valence electrons. The van der Waals surface area contributed by atoms with E-state index in [1.807, 2.05) is 24.3 Å². The van der Waals surface area contributed by atoms with Crippen molar-refractivity contribution < 1.29 is 14.3 Å². The minimum absolute atomic E-state index is 0.0147. The lowest BCUT2D eigenvalue weighted by Crippen LogP contribution is -2.20. The van der Waals surface area contributed by atoms with E-state index in [-0.39, 0.29) is 12.5 Å². The number of aryl methyl sites for hydroxylation is 1. The highest BCUT2D eigenvalue weighted by Gasteiger charge is 2.04. The molecule has 0 atom stereocenters. The van der Waals surface area contributed by atoms with Crippen LogP contribution in [0, 0.1) is 0 Å². The molecule has 4 heteroatoms. The van der Waals surface area contributed by atoms with Gasteiger partial charge in [0.1, 0.15) is 11.5 Å². The summed E-state index contributed by atoms with van der Waals surface area (Å²) in [6, 6.07) is 15.0. The van der Waals surface area contributed by atoms with Gasteiger partial charge in [-0.2, -0.15) is 0 Å². The van der Waals surface area contributed by atoms with E-state index in [9.17, 15) is 4.79 Å². The van der Waals surface area contributed by atoms with Gasteiger partial charge in [-0.25, -0.2) is 0 Å². The maximum absolute atomic E-state index is 11.8. The van der Waals surface area contributed by atoms with Crippen LogP contribution in [0.4, 0.5) is 5.69 Å². The molecule has 1 amide bonds. The first-order valence-corrected chi connectivity index (χ1v) is 7.37. The van der Waals surface area contributed by atoms with Crippen molar-refractivity contribution in [2.75, 3.05) is 19.0 Å². The Hall–Kier alpha value is -2.49. The van der Waals surface area contributed by atoms with Gasteiger partial charge in [0.05, 0.1) is 7.11 Å². The smallest absolute Gasteiger partial charge is 0.262 e. The number of hydrogen-bond acceptors (Lipinski definition) is 3. The van der Waals surface area contributed by atoms with Gasteiger partial charge < -0.3 is 14.8 Å². The van der Waals surface area contributed by atoms with Gasteiger partial charge in [-0.05, 0) is 48.4 Å². The fraction of sp³-hybridized carbons (Fsp3) is 0.278. The lowest BCUT2D eigenvalue weighted by Gasteiger charge is -2.08. The van der Waals surface area contributed by atoms with Crippen molar-refractivity contribution in [3.63, 3.8) is 0 Å². The quantitative estimate of drug-likeness (QED) is 0.848. The van der Waals surface area contributed by atoms with Gasteiger partial charge in [-0.15, -0.1) is 0 Å². The Bertz CT molecular complexity index is 591. The molecule has 0 aliphatic heterocycles. The summed E-state index contributed by atoms with van der Waals surface area (Å²) in [6.07, 6.45) is 2.17. The van der Waals surface area contributed by atoms with Crippen LogP contribution in [0.3, 0.4) is 0 Å². The largest absolute Gasteiger partial charge is 0.497 e. The van der Waals surface area contributed by atoms with Gasteiger partial charge in [0.15, 0.2) is 6.61 Å². The molecule has 0 aliphatic carbocycles. The molecule has 0 fully saturated rings. The summed E-state index contributed by atoms with van der Waals surface area (Å²) in [7, 11) is 1.60. The molecular weight excluding hydrogens is 278 g/mol. The molecule has 0 saturated heterocycles. The van der Waals surface area contributed by atoms with E-state index in [1.165, 1.54) is 5.56 Å². The molecule has 0 aromatic heterocycles. The number of ether oxygens (including phenoxy) is 2. The summed E-state index contributed by atoms with van der Waals surface area (Å²) in [5, 5.41) is 2.78. The average molecular weight is 299 g/mol. The van der Waals surface area contributed by atoms with Gasteiger partial charge in [0.25, 0.3) is 5.91 Å². The molecule has 2 aromatic carbocycles. The topological polar surface area (TPSA) is 47.6 Å². The van der Waals surface area contributed by atoms with Crippen molar-refractivity contribution in [2.45, 2.75) is 19.8 Å². The fourth-order valence-electron chi connectivity index (χ4n) is 2.06. The van der Waals surface area contributed by atoms with Crippen LogP contribution >= 0.6 is 0 Å². The Labute approximate surface area is 131 Å². The van der Waals surface area contributed by atoms with Crippen LogP contribution in [0.15, 0.2) is 48.5 Å². The summed E-state index contributed by atoms with van der Waals surface area (Å²) >= 11 is 0. The van der Waals surface area contributed by atoms with Gasteiger partial charge in [-0.3, -0.25) is 4.79 Å². The van der Waals surface area contributed by atoms with E-state index in [2.05, 4.69) is 12.2 Å². The summed E-state index contributed by atoms with van der Waals surface area (Å²) in [4.78, 5) is 11.8. The van der Waals surface area contributed by atoms with Crippen molar-refractivity contribution in [3.05, 3.63) is 54.1 Å². The molecule has 2 rings (SSSR count). The van der Waals surface area contributed by atoms with Crippen molar-refractivity contribution in [1.82, 2.24) is 0 Å². The number of hydrogen-bond donors (Lipinski definition) is 1. The summed E-state index contributed by atoms with van der Waals surface area (Å²) < 4.78 is 10.6. The third-order valence-corrected chi connectivity index (χ3v) is 3.21. The fourth-order valence-corrected chi connectivity index (χ4v) is 2.06. The summed E-state index contributed by atoms with van der Waals surface area (Å²) in [5.74, 6) is 1.26. The van der Waals surface area contributed by atoms with E-state index in [1.54, 1.807) is 31.4 Å². The van der Waals surface area contributed by atoms with Gasteiger partial charge >= 0.3 is 0 Å². The molecule has 0 spiro atoms. The van der Waals surface area contributed by atoms with E-state index in [4.69, 9.17) is 9.47 Å². The number of carbonyl (C=O) groups excluding carboxylic acids is 1. The zero-order valence-electron chi connectivity index (χ0n) is 13.0. The third-order valence-electron chi connectivity index (χ3n) is 3.21. The van der Waals surface area contributed by atoms with Crippen LogP contribution in [0.25, 0.3) is 0 Å². The number of rotatable bonds is 7. The maximum Gasteiger partial charge on any atom is 0.262 e. The first-order chi connectivity index (χ1) is 10.7. The van der Waals surface area contributed by atoms with Crippen molar-refractivity contribution in [2.24, 2.45) is 0 Å². The molecule has 0 unspecified atom stereocenters. The monoisotopic (exact) mass is 299 g/mol. The molecule has 0 radical (unpaired) electrons. The second-order valence-corrected chi connectivity index (χ2v) is 4.96. The second kappa shape index (κ2) is 8.08. The average Bonchev–Trinajstić information content (AvgIpc) is 2.55. The molecule has 2 aromatic rings. The Kier molecular flexibility index (Phi) is 5.83. The molecule has 4 nitrogen and oxygen atoms in total. The third kappa shape index (κ3) is 4.81. The van der Waals surface area contributed by atoms with Crippen LogP contribution in [0.1, 0.15) is 18.9 Å². The van der Waals surface area contributed by atoms with Gasteiger partial charge in [0.2, 0.25) is 0 Å². The molecule has 0 heterocycles. The summed E-state index contributed by atoms with van der Waals surface area (Å²) in [5.41, 5.74) is 1.99. The predicted molar refractivity (Wildman–Crippen MR) is 87.6 cm³/mol. The van der Waals surface area contributed by atoms with E-state index < -0.39 is 0 Å². The van der Waals surface area contributed by atoms with Crippen LogP contribution in [-0.4, -0.2) is 19.6 Å². The first kappa shape index (κ1) is 15.9. The minimum atomic E-state index is -0.192. The standard InChI is InChI=1S/C18H21NO3/c1-3-4-14-5-9-17(10-6-14)22-13-18(20)19-15-7-11-16(21-2)12-8-15/h5-12H,3-4,13H2,1-2H3,(H,19,20). The van der Waals surface area contributed by atoms with Crippen molar-refractivity contribution in [3.8, 4) is 11.5 Å². The number of anilines is 1. The lowest BCUT2D eigenvalue weighted by molar-refractivity contribution is -0.118. The van der Waals surface area contributed by atoms with E-state index in [0.29, 0.717) is 11.4 Å². The lowest BCUT2D eigenvalue weighted by atomic mass is 10.1. The Morgan fingerprint density at radius 3 is 2.23 bits per heavy atom. The number of amides is 1. The Morgan fingerprint density at radius 1 is 1.00 bits per heavy atom. The highest BCUT2D eigenvalue weighted by Crippen LogP contribution is 2.16. The van der Waals surface area contributed by atoms with Crippen LogP contribution < -0.4 is 14.8 Å². The number of methoxy groups -OCH3 is 1. The summed E-state index contributed by atoms with van der Waals surface area (Å²) in [6.45, 7) is 2.13. The van der Waals surface area contributed by atoms with Crippen molar-refractivity contribution >= 4 is 11.6 Å². The first-order valence-electron chi connectivity index (χ1n) is 7.37.